The number of benzene rings is 2. The van der Waals surface area contributed by atoms with Gasteiger partial charge in [0.1, 0.15) is 5.75 Å². The second kappa shape index (κ2) is 10.2. The molecule has 1 saturated heterocycles. The molecule has 0 atom stereocenters. The van der Waals surface area contributed by atoms with E-state index < -0.39 is 5.91 Å². The van der Waals surface area contributed by atoms with Gasteiger partial charge in [0.05, 0.1) is 35.5 Å². The van der Waals surface area contributed by atoms with Crippen LogP contribution in [0.15, 0.2) is 40.9 Å². The Morgan fingerprint density at radius 3 is 2.53 bits per heavy atom. The van der Waals surface area contributed by atoms with E-state index in [0.29, 0.717) is 58.4 Å². The first-order valence-electron chi connectivity index (χ1n) is 9.01. The van der Waals surface area contributed by atoms with Crippen LogP contribution in [0.3, 0.4) is 0 Å². The molecular weight excluding hydrogens is 494 g/mol. The molecular formula is C20H19BrClN3O4S. The Morgan fingerprint density at radius 2 is 1.87 bits per heavy atom. The molecule has 2 amide bonds. The second-order valence-corrected chi connectivity index (χ2v) is 8.03. The highest BCUT2D eigenvalue weighted by atomic mass is 79.9. The van der Waals surface area contributed by atoms with Gasteiger partial charge in [0, 0.05) is 24.2 Å². The van der Waals surface area contributed by atoms with E-state index >= 15 is 0 Å². The van der Waals surface area contributed by atoms with Crippen LogP contribution in [-0.2, 0) is 4.74 Å². The highest BCUT2D eigenvalue weighted by Gasteiger charge is 2.20. The molecule has 30 heavy (non-hydrogen) atoms. The summed E-state index contributed by atoms with van der Waals surface area (Å²) in [7, 11) is 1.54. The molecule has 158 valence electrons. The number of nitrogens with one attached hydrogen (secondary N) is 2. The lowest BCUT2D eigenvalue weighted by atomic mass is 10.1. The predicted octanol–water partition coefficient (Wildman–Crippen LogP) is 3.71. The van der Waals surface area contributed by atoms with Crippen molar-refractivity contribution in [3.63, 3.8) is 0 Å². The lowest BCUT2D eigenvalue weighted by molar-refractivity contribution is 0.0303. The fourth-order valence-electron chi connectivity index (χ4n) is 2.84. The molecule has 2 N–H and O–H groups in total. The summed E-state index contributed by atoms with van der Waals surface area (Å²) < 4.78 is 11.1. The van der Waals surface area contributed by atoms with Crippen LogP contribution in [0, 0.1) is 0 Å². The summed E-state index contributed by atoms with van der Waals surface area (Å²) in [6, 6.07) is 9.81. The van der Waals surface area contributed by atoms with Crippen molar-refractivity contribution < 1.29 is 19.1 Å². The summed E-state index contributed by atoms with van der Waals surface area (Å²) in [5.41, 5.74) is 1.29. The Kier molecular flexibility index (Phi) is 7.65. The lowest BCUT2D eigenvalue weighted by Gasteiger charge is -2.27. The molecule has 7 nitrogen and oxygen atoms in total. The summed E-state index contributed by atoms with van der Waals surface area (Å²) in [4.78, 5) is 26.9. The highest BCUT2D eigenvalue weighted by Crippen LogP contribution is 2.26. The van der Waals surface area contributed by atoms with E-state index in [2.05, 4.69) is 26.6 Å². The topological polar surface area (TPSA) is 79.9 Å². The fraction of sp³-hybridized carbons (Fsp3) is 0.250. The Morgan fingerprint density at radius 1 is 1.17 bits per heavy atom. The molecule has 1 heterocycles. The van der Waals surface area contributed by atoms with Crippen LogP contribution < -0.4 is 15.4 Å². The Hall–Kier alpha value is -2.20. The van der Waals surface area contributed by atoms with Crippen molar-refractivity contribution in [2.75, 3.05) is 38.7 Å². The number of methoxy groups -OCH3 is 1. The van der Waals surface area contributed by atoms with Crippen LogP contribution in [0.5, 0.6) is 5.75 Å². The van der Waals surface area contributed by atoms with Crippen LogP contribution in [0.25, 0.3) is 0 Å². The van der Waals surface area contributed by atoms with Crippen LogP contribution in [0.2, 0.25) is 5.02 Å². The number of amides is 2. The van der Waals surface area contributed by atoms with E-state index in [9.17, 15) is 9.59 Å². The molecule has 1 aliphatic heterocycles. The van der Waals surface area contributed by atoms with Gasteiger partial charge in [0.25, 0.3) is 11.8 Å². The van der Waals surface area contributed by atoms with E-state index in [-0.39, 0.29) is 11.0 Å². The van der Waals surface area contributed by atoms with Crippen LogP contribution in [0.1, 0.15) is 20.7 Å². The summed E-state index contributed by atoms with van der Waals surface area (Å²) in [6.45, 7) is 2.11. The van der Waals surface area contributed by atoms with E-state index in [1.807, 2.05) is 0 Å². The molecule has 0 spiro atoms. The van der Waals surface area contributed by atoms with Crippen LogP contribution >= 0.6 is 39.7 Å². The molecule has 0 saturated carbocycles. The van der Waals surface area contributed by atoms with Gasteiger partial charge in [-0.05, 0) is 64.5 Å². The largest absolute Gasteiger partial charge is 0.496 e. The smallest absolute Gasteiger partial charge is 0.257 e. The van der Waals surface area contributed by atoms with Crippen molar-refractivity contribution in [1.29, 1.82) is 0 Å². The number of carbonyl (C=O) groups is 2. The normalized spacial score (nSPS) is 13.5. The van der Waals surface area contributed by atoms with Gasteiger partial charge in [-0.25, -0.2) is 0 Å². The maximum absolute atomic E-state index is 12.7. The molecule has 0 unspecified atom stereocenters. The first kappa shape index (κ1) is 22.5. The quantitative estimate of drug-likeness (QED) is 0.608. The van der Waals surface area contributed by atoms with Crippen LogP contribution in [0.4, 0.5) is 5.69 Å². The first-order valence-corrected chi connectivity index (χ1v) is 10.6. The number of carbonyl (C=O) groups excluding carboxylic acids is 2. The third kappa shape index (κ3) is 5.48. The maximum Gasteiger partial charge on any atom is 0.257 e. The average molecular weight is 513 g/mol. The molecule has 10 heteroatoms. The van der Waals surface area contributed by atoms with Gasteiger partial charge in [-0.3, -0.25) is 14.9 Å². The number of hydrogen-bond acceptors (Lipinski definition) is 5. The summed E-state index contributed by atoms with van der Waals surface area (Å²) >= 11 is 14.8. The molecule has 0 bridgehead atoms. The summed E-state index contributed by atoms with van der Waals surface area (Å²) in [5, 5.41) is 5.91. The highest BCUT2D eigenvalue weighted by molar-refractivity contribution is 9.10. The standard InChI is InChI=1S/C20H19BrClN3O4S/c1-28-17-5-3-12(10-14(17)21)18(26)24-20(30)23-16-11-13(2-4-15(16)22)19(27)25-6-8-29-9-7-25/h2-5,10-11H,6-9H2,1H3,(H2,23,24,26,30). The third-order valence-electron chi connectivity index (χ3n) is 4.40. The third-order valence-corrected chi connectivity index (χ3v) is 5.55. The molecule has 2 aromatic carbocycles. The van der Waals surface area contributed by atoms with Crippen molar-refractivity contribution in [3.8, 4) is 5.75 Å². The number of halogens is 2. The van der Waals surface area contributed by atoms with Crippen molar-refractivity contribution in [3.05, 3.63) is 57.0 Å². The Balaban J connectivity index is 1.67. The molecule has 0 radical (unpaired) electrons. The van der Waals surface area contributed by atoms with Gasteiger partial charge < -0.3 is 19.7 Å². The molecule has 0 aliphatic carbocycles. The van der Waals surface area contributed by atoms with Gasteiger partial charge in [0.15, 0.2) is 5.11 Å². The van der Waals surface area contributed by atoms with E-state index in [4.69, 9.17) is 33.3 Å². The van der Waals surface area contributed by atoms with E-state index in [0.717, 1.165) is 0 Å². The minimum absolute atomic E-state index is 0.0600. The van der Waals surface area contributed by atoms with E-state index in [1.54, 1.807) is 48.4 Å². The summed E-state index contributed by atoms with van der Waals surface area (Å²) in [5.74, 6) is 0.101. The van der Waals surface area contributed by atoms with Gasteiger partial charge in [-0.1, -0.05) is 11.6 Å². The number of thiocarbonyl (C=S) groups is 1. The van der Waals surface area contributed by atoms with Crippen molar-refractivity contribution in [1.82, 2.24) is 10.2 Å². The average Bonchev–Trinajstić information content (AvgIpc) is 2.75. The number of rotatable bonds is 4. The zero-order chi connectivity index (χ0) is 21.7. The second-order valence-electron chi connectivity index (χ2n) is 6.36. The molecule has 0 aromatic heterocycles. The number of ether oxygens (including phenoxy) is 2. The predicted molar refractivity (Wildman–Crippen MR) is 123 cm³/mol. The van der Waals surface area contributed by atoms with Crippen molar-refractivity contribution >= 4 is 62.4 Å². The molecule has 1 aliphatic rings. The van der Waals surface area contributed by atoms with Gasteiger partial charge in [-0.2, -0.15) is 0 Å². The number of hydrogen-bond donors (Lipinski definition) is 2. The maximum atomic E-state index is 12.7. The Labute approximate surface area is 192 Å². The fourth-order valence-corrected chi connectivity index (χ4v) is 3.75. The van der Waals surface area contributed by atoms with Gasteiger partial charge in [0.2, 0.25) is 0 Å². The monoisotopic (exact) mass is 511 g/mol. The zero-order valence-electron chi connectivity index (χ0n) is 16.0. The van der Waals surface area contributed by atoms with Gasteiger partial charge in [-0.15, -0.1) is 0 Å². The van der Waals surface area contributed by atoms with Crippen molar-refractivity contribution in [2.24, 2.45) is 0 Å². The molecule has 1 fully saturated rings. The number of nitrogens with zero attached hydrogens (tertiary/aromatic N) is 1. The lowest BCUT2D eigenvalue weighted by Crippen LogP contribution is -2.40. The van der Waals surface area contributed by atoms with Crippen molar-refractivity contribution in [2.45, 2.75) is 0 Å². The minimum atomic E-state index is -0.396. The number of morpholine rings is 1. The van der Waals surface area contributed by atoms with E-state index in [1.165, 1.54) is 0 Å². The molecule has 2 aromatic rings. The first-order chi connectivity index (χ1) is 14.4. The zero-order valence-corrected chi connectivity index (χ0v) is 19.2. The SMILES string of the molecule is COc1ccc(C(=O)NC(=S)Nc2cc(C(=O)N3CCOCC3)ccc2Cl)cc1Br. The minimum Gasteiger partial charge on any atom is -0.496 e. The summed E-state index contributed by atoms with van der Waals surface area (Å²) in [6.07, 6.45) is 0. The number of anilines is 1. The van der Waals surface area contributed by atoms with Gasteiger partial charge >= 0.3 is 0 Å². The Bertz CT molecular complexity index is 983. The van der Waals surface area contributed by atoms with Crippen LogP contribution in [-0.4, -0.2) is 55.2 Å². The molecule has 3 rings (SSSR count).